The smallest absolute Gasteiger partial charge is 0.228 e. The van der Waals surface area contributed by atoms with E-state index in [0.29, 0.717) is 10.9 Å². The average Bonchev–Trinajstić information content (AvgIpc) is 3.14. The monoisotopic (exact) mass is 377 g/mol. The Morgan fingerprint density at radius 2 is 1.72 bits per heavy atom. The van der Waals surface area contributed by atoms with Crippen molar-refractivity contribution in [3.8, 4) is 16.4 Å². The number of thiophene rings is 1. The fourth-order valence-electron chi connectivity index (χ4n) is 2.18. The fraction of sp³-hybridized carbons (Fsp3) is 0.200. The molecule has 0 aliphatic carbocycles. The third kappa shape index (κ3) is 3.53. The zero-order chi connectivity index (χ0) is 18.4. The first-order chi connectivity index (χ1) is 11.6. The van der Waals surface area contributed by atoms with Crippen molar-refractivity contribution in [3.05, 3.63) is 52.7 Å². The summed E-state index contributed by atoms with van der Waals surface area (Å²) in [5.41, 5.74) is -2.16. The SMILES string of the molecule is Cc1cc(C(F)(F)F)nn1-c1cc(C(F)(F)F)cc(-c2cccs2)n1. The Kier molecular flexibility index (Phi) is 4.10. The van der Waals surface area contributed by atoms with Gasteiger partial charge in [0.15, 0.2) is 11.5 Å². The second-order valence-corrected chi connectivity index (χ2v) is 6.10. The molecule has 25 heavy (non-hydrogen) atoms. The second-order valence-electron chi connectivity index (χ2n) is 5.15. The molecule has 0 aliphatic rings. The van der Waals surface area contributed by atoms with Crippen LogP contribution in [0.2, 0.25) is 0 Å². The van der Waals surface area contributed by atoms with Crippen LogP contribution in [-0.2, 0) is 12.4 Å². The predicted molar refractivity (Wildman–Crippen MR) is 79.4 cm³/mol. The van der Waals surface area contributed by atoms with Crippen molar-refractivity contribution in [3.63, 3.8) is 0 Å². The molecule has 10 heteroatoms. The molecular formula is C15H9F6N3S. The molecular weight excluding hydrogens is 368 g/mol. The number of pyridine rings is 1. The van der Waals surface area contributed by atoms with Crippen LogP contribution in [0.15, 0.2) is 35.7 Å². The molecule has 0 saturated carbocycles. The molecule has 0 aliphatic heterocycles. The van der Waals surface area contributed by atoms with Gasteiger partial charge in [-0.25, -0.2) is 9.67 Å². The van der Waals surface area contributed by atoms with Crippen molar-refractivity contribution in [2.45, 2.75) is 19.3 Å². The van der Waals surface area contributed by atoms with Gasteiger partial charge in [-0.2, -0.15) is 31.4 Å². The molecule has 0 atom stereocenters. The van der Waals surface area contributed by atoms with E-state index in [1.165, 1.54) is 18.3 Å². The summed E-state index contributed by atoms with van der Waals surface area (Å²) in [6.45, 7) is 1.31. The highest BCUT2D eigenvalue weighted by Crippen LogP contribution is 2.35. The zero-order valence-corrected chi connectivity index (χ0v) is 13.3. The van der Waals surface area contributed by atoms with Crippen molar-refractivity contribution in [1.82, 2.24) is 14.8 Å². The largest absolute Gasteiger partial charge is 0.435 e. The molecule has 132 valence electrons. The molecule has 3 rings (SSSR count). The van der Waals surface area contributed by atoms with Crippen molar-refractivity contribution in [1.29, 1.82) is 0 Å². The summed E-state index contributed by atoms with van der Waals surface area (Å²) >= 11 is 1.17. The summed E-state index contributed by atoms with van der Waals surface area (Å²) < 4.78 is 78.6. The molecule has 3 nitrogen and oxygen atoms in total. The van der Waals surface area contributed by atoms with Crippen LogP contribution in [0.3, 0.4) is 0 Å². The van der Waals surface area contributed by atoms with Crippen LogP contribution in [0.25, 0.3) is 16.4 Å². The van der Waals surface area contributed by atoms with Crippen LogP contribution >= 0.6 is 11.3 Å². The molecule has 0 saturated heterocycles. The van der Waals surface area contributed by atoms with Crippen LogP contribution in [0.4, 0.5) is 26.3 Å². The Labute approximate surface area is 141 Å². The van der Waals surface area contributed by atoms with Gasteiger partial charge in [-0.05, 0) is 36.6 Å². The van der Waals surface area contributed by atoms with Crippen LogP contribution in [0, 0.1) is 6.92 Å². The van der Waals surface area contributed by atoms with Gasteiger partial charge in [0.05, 0.1) is 16.1 Å². The third-order valence-electron chi connectivity index (χ3n) is 3.31. The van der Waals surface area contributed by atoms with Crippen LogP contribution < -0.4 is 0 Å². The Hall–Kier alpha value is -2.36. The maximum absolute atomic E-state index is 13.2. The molecule has 0 spiro atoms. The van der Waals surface area contributed by atoms with E-state index < -0.39 is 23.6 Å². The summed E-state index contributed by atoms with van der Waals surface area (Å²) in [6.07, 6.45) is -9.37. The summed E-state index contributed by atoms with van der Waals surface area (Å²) in [5, 5.41) is 5.03. The van der Waals surface area contributed by atoms with E-state index in [-0.39, 0.29) is 17.2 Å². The minimum absolute atomic E-state index is 0.0169. The van der Waals surface area contributed by atoms with Gasteiger partial charge in [0.1, 0.15) is 0 Å². The van der Waals surface area contributed by atoms with Gasteiger partial charge < -0.3 is 0 Å². The molecule has 0 amide bonds. The van der Waals surface area contributed by atoms with Crippen molar-refractivity contribution in [2.75, 3.05) is 0 Å². The number of hydrogen-bond donors (Lipinski definition) is 0. The summed E-state index contributed by atoms with van der Waals surface area (Å²) in [4.78, 5) is 4.53. The molecule has 0 N–H and O–H groups in total. The molecule has 0 aromatic carbocycles. The van der Waals surface area contributed by atoms with E-state index in [1.807, 2.05) is 0 Å². The van der Waals surface area contributed by atoms with Gasteiger partial charge in [0.25, 0.3) is 0 Å². The lowest BCUT2D eigenvalue weighted by molar-refractivity contribution is -0.141. The topological polar surface area (TPSA) is 30.7 Å². The van der Waals surface area contributed by atoms with Crippen molar-refractivity contribution < 1.29 is 26.3 Å². The normalized spacial score (nSPS) is 12.6. The maximum atomic E-state index is 13.2. The molecule has 0 unspecified atom stereocenters. The van der Waals surface area contributed by atoms with Gasteiger partial charge >= 0.3 is 12.4 Å². The molecule has 0 radical (unpaired) electrons. The van der Waals surface area contributed by atoms with E-state index in [2.05, 4.69) is 10.1 Å². The van der Waals surface area contributed by atoms with Gasteiger partial charge in [-0.3, -0.25) is 0 Å². The Bertz CT molecular complexity index is 893. The van der Waals surface area contributed by atoms with E-state index in [0.717, 1.165) is 16.8 Å². The second kappa shape index (κ2) is 5.87. The lowest BCUT2D eigenvalue weighted by atomic mass is 10.2. The van der Waals surface area contributed by atoms with Gasteiger partial charge in [0, 0.05) is 5.69 Å². The minimum Gasteiger partial charge on any atom is -0.228 e. The van der Waals surface area contributed by atoms with Crippen LogP contribution in [0.1, 0.15) is 17.0 Å². The van der Waals surface area contributed by atoms with Crippen molar-refractivity contribution in [2.24, 2.45) is 0 Å². The fourth-order valence-corrected chi connectivity index (χ4v) is 2.87. The molecule has 0 bridgehead atoms. The van der Waals surface area contributed by atoms with E-state index in [9.17, 15) is 26.3 Å². The number of aryl methyl sites for hydroxylation is 1. The maximum Gasteiger partial charge on any atom is 0.435 e. The highest BCUT2D eigenvalue weighted by Gasteiger charge is 2.36. The van der Waals surface area contributed by atoms with Crippen molar-refractivity contribution >= 4 is 11.3 Å². The minimum atomic E-state index is -4.70. The van der Waals surface area contributed by atoms with Crippen LogP contribution in [0.5, 0.6) is 0 Å². The van der Waals surface area contributed by atoms with E-state index >= 15 is 0 Å². The van der Waals surface area contributed by atoms with E-state index in [1.54, 1.807) is 17.5 Å². The number of aromatic nitrogens is 3. The van der Waals surface area contributed by atoms with Crippen LogP contribution in [-0.4, -0.2) is 14.8 Å². The average molecular weight is 377 g/mol. The standard InChI is InChI=1S/C15H9F6N3S/c1-8-5-12(15(19,20)21)23-24(8)13-7-9(14(16,17)18)6-10(22-13)11-3-2-4-25-11/h2-7H,1H3. The van der Waals surface area contributed by atoms with E-state index in [4.69, 9.17) is 0 Å². The zero-order valence-electron chi connectivity index (χ0n) is 12.5. The molecule has 3 heterocycles. The third-order valence-corrected chi connectivity index (χ3v) is 4.20. The van der Waals surface area contributed by atoms with Gasteiger partial charge in [-0.15, -0.1) is 11.3 Å². The first-order valence-electron chi connectivity index (χ1n) is 6.83. The quantitative estimate of drug-likeness (QED) is 0.565. The molecule has 3 aromatic rings. The highest BCUT2D eigenvalue weighted by molar-refractivity contribution is 7.13. The molecule has 3 aromatic heterocycles. The summed E-state index contributed by atoms with van der Waals surface area (Å²) in [7, 11) is 0. The number of hydrogen-bond acceptors (Lipinski definition) is 3. The lowest BCUT2D eigenvalue weighted by Gasteiger charge is -2.12. The van der Waals surface area contributed by atoms with Gasteiger partial charge in [0.2, 0.25) is 0 Å². The Morgan fingerprint density at radius 3 is 2.24 bits per heavy atom. The number of halogens is 6. The number of nitrogens with zero attached hydrogens (tertiary/aromatic N) is 3. The molecule has 0 fully saturated rings. The van der Waals surface area contributed by atoms with Gasteiger partial charge in [-0.1, -0.05) is 6.07 Å². The Balaban J connectivity index is 2.19. The lowest BCUT2D eigenvalue weighted by Crippen LogP contribution is -2.11. The summed E-state index contributed by atoms with van der Waals surface area (Å²) in [5.74, 6) is -0.328. The summed E-state index contributed by atoms with van der Waals surface area (Å²) in [6, 6.07) is 5.51. The number of alkyl halides is 6. The Morgan fingerprint density at radius 1 is 1.00 bits per heavy atom. The number of rotatable bonds is 2. The predicted octanol–water partition coefficient (Wildman–Crippen LogP) is 5.34. The highest BCUT2D eigenvalue weighted by atomic mass is 32.1. The first kappa shape index (κ1) is 17.5. The first-order valence-corrected chi connectivity index (χ1v) is 7.71.